The maximum atomic E-state index is 12.5. The number of carbonyl (C=O) groups is 1. The molecule has 0 bridgehead atoms. The number of hydrogen-bond donors (Lipinski definition) is 1. The highest BCUT2D eigenvalue weighted by Crippen LogP contribution is 2.38. The largest absolute Gasteiger partial charge is 0.489 e. The lowest BCUT2D eigenvalue weighted by molar-refractivity contribution is -0.112. The Morgan fingerprint density at radius 1 is 1.26 bits per heavy atom. The molecule has 1 aliphatic rings. The molecule has 138 valence electrons. The Bertz CT molecular complexity index is 961. The highest BCUT2D eigenvalue weighted by Gasteiger charge is 2.17. The van der Waals surface area contributed by atoms with E-state index in [-0.39, 0.29) is 5.57 Å². The number of carbonyl (C=O) groups excluding carboxylic acids is 1. The number of fused-ring (bicyclic) bond motifs is 1. The smallest absolute Gasteiger partial charge is 0.266 e. The number of halogens is 1. The SMILES string of the molecule is Cc1cccc(NC(=O)/C(C#N)=C/c2cc(Cl)c3c(c2)OCCCO3)c1C. The lowest BCUT2D eigenvalue weighted by Gasteiger charge is -2.11. The van der Waals surface area contributed by atoms with Crippen LogP contribution in [-0.4, -0.2) is 19.1 Å². The van der Waals surface area contributed by atoms with E-state index in [1.165, 1.54) is 6.08 Å². The monoisotopic (exact) mass is 382 g/mol. The second-order valence-corrected chi connectivity index (χ2v) is 6.66. The summed E-state index contributed by atoms with van der Waals surface area (Å²) in [4.78, 5) is 12.5. The fraction of sp³-hybridized carbons (Fsp3) is 0.238. The molecule has 6 heteroatoms. The third-order valence-electron chi connectivity index (χ3n) is 4.35. The first-order valence-corrected chi connectivity index (χ1v) is 8.96. The van der Waals surface area contributed by atoms with Gasteiger partial charge in [0.05, 0.1) is 18.2 Å². The van der Waals surface area contributed by atoms with Crippen LogP contribution in [0.25, 0.3) is 6.08 Å². The predicted molar refractivity (Wildman–Crippen MR) is 105 cm³/mol. The summed E-state index contributed by atoms with van der Waals surface area (Å²) >= 11 is 6.28. The molecule has 0 unspecified atom stereocenters. The Kier molecular flexibility index (Phi) is 5.68. The van der Waals surface area contributed by atoms with Crippen molar-refractivity contribution >= 4 is 29.3 Å². The van der Waals surface area contributed by atoms with Gasteiger partial charge in [-0.2, -0.15) is 5.26 Å². The van der Waals surface area contributed by atoms with Crippen LogP contribution in [0.2, 0.25) is 5.02 Å². The molecule has 0 fully saturated rings. The van der Waals surface area contributed by atoms with Crippen LogP contribution in [0, 0.1) is 25.2 Å². The summed E-state index contributed by atoms with van der Waals surface area (Å²) < 4.78 is 11.2. The van der Waals surface area contributed by atoms with Crippen molar-refractivity contribution in [1.29, 1.82) is 5.26 Å². The summed E-state index contributed by atoms with van der Waals surface area (Å²) in [6.07, 6.45) is 2.25. The number of nitriles is 1. The zero-order valence-electron chi connectivity index (χ0n) is 15.1. The highest BCUT2D eigenvalue weighted by molar-refractivity contribution is 6.32. The maximum Gasteiger partial charge on any atom is 0.266 e. The number of ether oxygens (including phenoxy) is 2. The Labute approximate surface area is 163 Å². The lowest BCUT2D eigenvalue weighted by atomic mass is 10.1. The molecule has 1 N–H and O–H groups in total. The van der Waals surface area contributed by atoms with Gasteiger partial charge >= 0.3 is 0 Å². The van der Waals surface area contributed by atoms with E-state index in [1.807, 2.05) is 32.0 Å². The minimum absolute atomic E-state index is 0.0264. The van der Waals surface area contributed by atoms with Gasteiger partial charge in [0, 0.05) is 12.1 Å². The van der Waals surface area contributed by atoms with Crippen LogP contribution < -0.4 is 14.8 Å². The van der Waals surface area contributed by atoms with E-state index in [9.17, 15) is 10.1 Å². The average Bonchev–Trinajstić information content (AvgIpc) is 2.89. The van der Waals surface area contributed by atoms with Gasteiger partial charge in [-0.05, 0) is 54.8 Å². The number of nitrogens with one attached hydrogen (secondary N) is 1. The first-order valence-electron chi connectivity index (χ1n) is 8.58. The number of benzene rings is 2. The summed E-state index contributed by atoms with van der Waals surface area (Å²) in [7, 11) is 0. The molecule has 3 rings (SSSR count). The predicted octanol–water partition coefficient (Wildman–Crippen LogP) is 4.66. The van der Waals surface area contributed by atoms with E-state index in [2.05, 4.69) is 5.32 Å². The molecule has 0 atom stereocenters. The molecule has 2 aromatic carbocycles. The van der Waals surface area contributed by atoms with Gasteiger partial charge in [-0.3, -0.25) is 4.79 Å². The molecular formula is C21H19ClN2O3. The second kappa shape index (κ2) is 8.15. The third kappa shape index (κ3) is 4.24. The fourth-order valence-corrected chi connectivity index (χ4v) is 3.00. The summed E-state index contributed by atoms with van der Waals surface area (Å²) in [6, 6.07) is 10.9. The third-order valence-corrected chi connectivity index (χ3v) is 4.63. The Balaban J connectivity index is 1.89. The first kappa shape index (κ1) is 18.8. The van der Waals surface area contributed by atoms with Gasteiger partial charge in [0.1, 0.15) is 11.6 Å². The van der Waals surface area contributed by atoms with Crippen LogP contribution >= 0.6 is 11.6 Å². The van der Waals surface area contributed by atoms with Gasteiger partial charge in [-0.15, -0.1) is 0 Å². The van der Waals surface area contributed by atoms with Crippen LogP contribution in [0.3, 0.4) is 0 Å². The van der Waals surface area contributed by atoms with E-state index < -0.39 is 5.91 Å². The number of aryl methyl sites for hydroxylation is 1. The summed E-state index contributed by atoms with van der Waals surface area (Å²) in [6.45, 7) is 4.94. The van der Waals surface area contributed by atoms with Crippen molar-refractivity contribution in [2.24, 2.45) is 0 Å². The summed E-state index contributed by atoms with van der Waals surface area (Å²) in [5.74, 6) is 0.526. The van der Waals surface area contributed by atoms with Crippen LogP contribution in [0.1, 0.15) is 23.1 Å². The molecule has 0 spiro atoms. The summed E-state index contributed by atoms with van der Waals surface area (Å²) in [5.41, 5.74) is 3.27. The van der Waals surface area contributed by atoms with E-state index in [1.54, 1.807) is 18.2 Å². The van der Waals surface area contributed by atoms with Gasteiger partial charge in [0.15, 0.2) is 11.5 Å². The molecule has 0 radical (unpaired) electrons. The van der Waals surface area contributed by atoms with Crippen molar-refractivity contribution in [2.45, 2.75) is 20.3 Å². The first-order chi connectivity index (χ1) is 13.0. The van der Waals surface area contributed by atoms with Gasteiger partial charge in [0.25, 0.3) is 5.91 Å². The van der Waals surface area contributed by atoms with Gasteiger partial charge in [-0.25, -0.2) is 0 Å². The van der Waals surface area contributed by atoms with Crippen molar-refractivity contribution in [3.05, 3.63) is 57.6 Å². The van der Waals surface area contributed by atoms with E-state index in [0.29, 0.717) is 41.0 Å². The Hall–Kier alpha value is -2.97. The molecule has 0 saturated carbocycles. The molecule has 1 heterocycles. The Morgan fingerprint density at radius 2 is 2.04 bits per heavy atom. The van der Waals surface area contributed by atoms with Crippen molar-refractivity contribution in [3.8, 4) is 17.6 Å². The minimum atomic E-state index is -0.477. The topological polar surface area (TPSA) is 71.4 Å². The normalized spacial score (nSPS) is 13.5. The molecule has 1 amide bonds. The standard InChI is InChI=1S/C21H19ClN2O3/c1-13-5-3-6-18(14(13)2)24-21(25)16(12-23)9-15-10-17(22)20-19(11-15)26-7-4-8-27-20/h3,5-6,9-11H,4,7-8H2,1-2H3,(H,24,25)/b16-9+. The van der Waals surface area contributed by atoms with E-state index >= 15 is 0 Å². The molecule has 2 aromatic rings. The fourth-order valence-electron chi connectivity index (χ4n) is 2.73. The Morgan fingerprint density at radius 3 is 2.81 bits per heavy atom. The number of amides is 1. The molecule has 0 saturated heterocycles. The van der Waals surface area contributed by atoms with Gasteiger partial charge < -0.3 is 14.8 Å². The molecular weight excluding hydrogens is 364 g/mol. The second-order valence-electron chi connectivity index (χ2n) is 6.25. The van der Waals surface area contributed by atoms with Crippen LogP contribution in [0.15, 0.2) is 35.9 Å². The maximum absolute atomic E-state index is 12.5. The van der Waals surface area contributed by atoms with Gasteiger partial charge in [-0.1, -0.05) is 23.7 Å². The average molecular weight is 383 g/mol. The molecule has 1 aliphatic heterocycles. The summed E-state index contributed by atoms with van der Waals surface area (Å²) in [5, 5.41) is 12.6. The lowest BCUT2D eigenvalue weighted by Crippen LogP contribution is -2.14. The van der Waals surface area contributed by atoms with Crippen molar-refractivity contribution in [2.75, 3.05) is 18.5 Å². The highest BCUT2D eigenvalue weighted by atomic mass is 35.5. The molecule has 0 aliphatic carbocycles. The van der Waals surface area contributed by atoms with Crippen LogP contribution in [0.5, 0.6) is 11.5 Å². The molecule has 5 nitrogen and oxygen atoms in total. The number of anilines is 1. The van der Waals surface area contributed by atoms with Crippen molar-refractivity contribution < 1.29 is 14.3 Å². The van der Waals surface area contributed by atoms with Crippen LogP contribution in [0.4, 0.5) is 5.69 Å². The van der Waals surface area contributed by atoms with E-state index in [0.717, 1.165) is 17.5 Å². The van der Waals surface area contributed by atoms with Crippen LogP contribution in [-0.2, 0) is 4.79 Å². The molecule has 0 aromatic heterocycles. The zero-order valence-corrected chi connectivity index (χ0v) is 15.9. The van der Waals surface area contributed by atoms with E-state index in [4.69, 9.17) is 21.1 Å². The quantitative estimate of drug-likeness (QED) is 0.618. The number of rotatable bonds is 3. The number of nitrogens with zero attached hydrogens (tertiary/aromatic N) is 1. The zero-order chi connectivity index (χ0) is 19.4. The van der Waals surface area contributed by atoms with Crippen molar-refractivity contribution in [3.63, 3.8) is 0 Å². The van der Waals surface area contributed by atoms with Crippen molar-refractivity contribution in [1.82, 2.24) is 0 Å². The molecule has 27 heavy (non-hydrogen) atoms. The minimum Gasteiger partial charge on any atom is -0.489 e. The number of hydrogen-bond acceptors (Lipinski definition) is 4. The van der Waals surface area contributed by atoms with Gasteiger partial charge in [0.2, 0.25) is 0 Å².